The molecule has 0 aliphatic carbocycles. The molecule has 0 saturated carbocycles. The van der Waals surface area contributed by atoms with E-state index in [4.69, 9.17) is 4.74 Å². The first-order valence-electron chi connectivity index (χ1n) is 5.25. The fourth-order valence-electron chi connectivity index (χ4n) is 1.68. The molecule has 0 unspecified atom stereocenters. The van der Waals surface area contributed by atoms with Crippen molar-refractivity contribution in [2.24, 2.45) is 0 Å². The molecule has 1 saturated heterocycles. The standard InChI is InChI=1S/C13H14O2/c14-13-8-4-7-12(10-15-13)9-11-5-2-1-3-6-11/h1-3,5-6,9H,4,7-8,10H2. The van der Waals surface area contributed by atoms with Crippen molar-refractivity contribution in [1.29, 1.82) is 0 Å². The van der Waals surface area contributed by atoms with Gasteiger partial charge in [0.15, 0.2) is 0 Å². The van der Waals surface area contributed by atoms with E-state index in [0.717, 1.165) is 12.8 Å². The summed E-state index contributed by atoms with van der Waals surface area (Å²) in [5.74, 6) is -0.0774. The number of carbonyl (C=O) groups excluding carboxylic acids is 1. The van der Waals surface area contributed by atoms with Crippen LogP contribution in [0.5, 0.6) is 0 Å². The Morgan fingerprint density at radius 2 is 1.93 bits per heavy atom. The average Bonchev–Trinajstić information content (AvgIpc) is 2.46. The monoisotopic (exact) mass is 202 g/mol. The molecular weight excluding hydrogens is 188 g/mol. The summed E-state index contributed by atoms with van der Waals surface area (Å²) in [7, 11) is 0. The van der Waals surface area contributed by atoms with Crippen molar-refractivity contribution in [2.45, 2.75) is 19.3 Å². The van der Waals surface area contributed by atoms with Crippen molar-refractivity contribution in [3.05, 3.63) is 41.5 Å². The van der Waals surface area contributed by atoms with Gasteiger partial charge in [-0.2, -0.15) is 0 Å². The first-order chi connectivity index (χ1) is 7.34. The van der Waals surface area contributed by atoms with Crippen LogP contribution >= 0.6 is 0 Å². The molecule has 0 N–H and O–H groups in total. The molecule has 0 atom stereocenters. The van der Waals surface area contributed by atoms with E-state index < -0.39 is 0 Å². The largest absolute Gasteiger partial charge is 0.461 e. The third kappa shape index (κ3) is 2.94. The number of rotatable bonds is 1. The fourth-order valence-corrected chi connectivity index (χ4v) is 1.68. The maximum atomic E-state index is 11.0. The van der Waals surface area contributed by atoms with E-state index in [-0.39, 0.29) is 5.97 Å². The molecule has 0 amide bonds. The molecule has 2 rings (SSSR count). The van der Waals surface area contributed by atoms with Gasteiger partial charge in [0.25, 0.3) is 0 Å². The molecule has 0 spiro atoms. The second-order valence-electron chi connectivity index (χ2n) is 3.73. The summed E-state index contributed by atoms with van der Waals surface area (Å²) < 4.78 is 5.08. The van der Waals surface area contributed by atoms with Crippen LogP contribution in [-0.4, -0.2) is 12.6 Å². The average molecular weight is 202 g/mol. The van der Waals surface area contributed by atoms with Crippen LogP contribution in [-0.2, 0) is 9.53 Å². The number of hydrogen-bond donors (Lipinski definition) is 0. The number of cyclic esters (lactones) is 1. The zero-order valence-electron chi connectivity index (χ0n) is 8.61. The Kier molecular flexibility index (Phi) is 3.18. The SMILES string of the molecule is O=C1CCCC(=Cc2ccccc2)CO1. The minimum Gasteiger partial charge on any atom is -0.461 e. The van der Waals surface area contributed by atoms with Gasteiger partial charge in [0.2, 0.25) is 0 Å². The number of benzene rings is 1. The van der Waals surface area contributed by atoms with E-state index in [0.29, 0.717) is 13.0 Å². The molecule has 2 heteroatoms. The van der Waals surface area contributed by atoms with E-state index >= 15 is 0 Å². The lowest BCUT2D eigenvalue weighted by atomic mass is 10.1. The molecule has 0 bridgehead atoms. The lowest BCUT2D eigenvalue weighted by molar-refractivity contribution is -0.141. The minimum atomic E-state index is -0.0774. The third-order valence-corrected chi connectivity index (χ3v) is 2.47. The quantitative estimate of drug-likeness (QED) is 0.654. The van der Waals surface area contributed by atoms with Crippen molar-refractivity contribution >= 4 is 12.0 Å². The summed E-state index contributed by atoms with van der Waals surface area (Å²) in [6, 6.07) is 10.1. The van der Waals surface area contributed by atoms with Gasteiger partial charge in [0.1, 0.15) is 6.61 Å². The molecule has 0 radical (unpaired) electrons. The van der Waals surface area contributed by atoms with E-state index in [1.54, 1.807) is 0 Å². The van der Waals surface area contributed by atoms with Gasteiger partial charge in [-0.25, -0.2) is 0 Å². The number of hydrogen-bond acceptors (Lipinski definition) is 2. The van der Waals surface area contributed by atoms with Crippen LogP contribution in [0.2, 0.25) is 0 Å². The zero-order chi connectivity index (χ0) is 10.5. The van der Waals surface area contributed by atoms with Crippen molar-refractivity contribution in [3.8, 4) is 0 Å². The topological polar surface area (TPSA) is 26.3 Å². The van der Waals surface area contributed by atoms with Crippen molar-refractivity contribution < 1.29 is 9.53 Å². The maximum absolute atomic E-state index is 11.0. The first-order valence-corrected chi connectivity index (χ1v) is 5.25. The van der Waals surface area contributed by atoms with Crippen LogP contribution in [0.1, 0.15) is 24.8 Å². The lowest BCUT2D eigenvalue weighted by Crippen LogP contribution is -2.01. The van der Waals surface area contributed by atoms with E-state index in [9.17, 15) is 4.79 Å². The fraction of sp³-hybridized carbons (Fsp3) is 0.308. The lowest BCUT2D eigenvalue weighted by Gasteiger charge is -2.02. The van der Waals surface area contributed by atoms with Gasteiger partial charge in [-0.3, -0.25) is 4.79 Å². The normalized spacial score (nSPS) is 19.7. The summed E-state index contributed by atoms with van der Waals surface area (Å²) in [4.78, 5) is 11.0. The predicted octanol–water partition coefficient (Wildman–Crippen LogP) is 2.80. The molecular formula is C13H14O2. The predicted molar refractivity (Wildman–Crippen MR) is 59.2 cm³/mol. The smallest absolute Gasteiger partial charge is 0.306 e. The Labute approximate surface area is 89.6 Å². The Morgan fingerprint density at radius 3 is 2.73 bits per heavy atom. The Balaban J connectivity index is 2.10. The maximum Gasteiger partial charge on any atom is 0.306 e. The van der Waals surface area contributed by atoms with E-state index in [1.165, 1.54) is 11.1 Å². The van der Waals surface area contributed by atoms with Gasteiger partial charge in [-0.15, -0.1) is 0 Å². The van der Waals surface area contributed by atoms with Crippen LogP contribution in [0.15, 0.2) is 35.9 Å². The summed E-state index contributed by atoms with van der Waals surface area (Å²) in [6.45, 7) is 0.452. The Morgan fingerprint density at radius 1 is 1.13 bits per heavy atom. The number of ether oxygens (including phenoxy) is 1. The number of carbonyl (C=O) groups is 1. The van der Waals surface area contributed by atoms with Gasteiger partial charge in [-0.1, -0.05) is 36.4 Å². The van der Waals surface area contributed by atoms with Crippen molar-refractivity contribution in [2.75, 3.05) is 6.61 Å². The Hall–Kier alpha value is -1.57. The van der Waals surface area contributed by atoms with Gasteiger partial charge in [0.05, 0.1) is 0 Å². The molecule has 1 aliphatic rings. The molecule has 1 heterocycles. The molecule has 1 aliphatic heterocycles. The van der Waals surface area contributed by atoms with Crippen LogP contribution < -0.4 is 0 Å². The van der Waals surface area contributed by atoms with Crippen molar-refractivity contribution in [3.63, 3.8) is 0 Å². The van der Waals surface area contributed by atoms with Crippen LogP contribution in [0, 0.1) is 0 Å². The Bertz CT molecular complexity index is 365. The molecule has 1 aromatic carbocycles. The molecule has 15 heavy (non-hydrogen) atoms. The summed E-state index contributed by atoms with van der Waals surface area (Å²) in [5, 5.41) is 0. The zero-order valence-corrected chi connectivity index (χ0v) is 8.61. The third-order valence-electron chi connectivity index (χ3n) is 2.47. The highest BCUT2D eigenvalue weighted by Crippen LogP contribution is 2.17. The van der Waals surface area contributed by atoms with Gasteiger partial charge >= 0.3 is 5.97 Å². The highest BCUT2D eigenvalue weighted by Gasteiger charge is 2.10. The molecule has 1 aromatic rings. The highest BCUT2D eigenvalue weighted by atomic mass is 16.5. The first kappa shape index (κ1) is 9.97. The summed E-state index contributed by atoms with van der Waals surface area (Å²) >= 11 is 0. The molecule has 78 valence electrons. The van der Waals surface area contributed by atoms with Gasteiger partial charge in [-0.05, 0) is 24.0 Å². The second-order valence-corrected chi connectivity index (χ2v) is 3.73. The molecule has 1 fully saturated rings. The summed E-state index contributed by atoms with van der Waals surface area (Å²) in [5.41, 5.74) is 2.37. The molecule has 0 aromatic heterocycles. The van der Waals surface area contributed by atoms with Crippen LogP contribution in [0.25, 0.3) is 6.08 Å². The van der Waals surface area contributed by atoms with E-state index in [2.05, 4.69) is 18.2 Å². The summed E-state index contributed by atoms with van der Waals surface area (Å²) in [6.07, 6.45) is 4.52. The van der Waals surface area contributed by atoms with Crippen LogP contribution in [0.4, 0.5) is 0 Å². The highest BCUT2D eigenvalue weighted by molar-refractivity contribution is 5.70. The van der Waals surface area contributed by atoms with Gasteiger partial charge < -0.3 is 4.74 Å². The second kappa shape index (κ2) is 4.78. The van der Waals surface area contributed by atoms with E-state index in [1.807, 2.05) is 18.2 Å². The number of esters is 1. The van der Waals surface area contributed by atoms with Crippen molar-refractivity contribution in [1.82, 2.24) is 0 Å². The minimum absolute atomic E-state index is 0.0774. The molecule has 2 nitrogen and oxygen atoms in total. The van der Waals surface area contributed by atoms with Crippen LogP contribution in [0.3, 0.4) is 0 Å². The van der Waals surface area contributed by atoms with Gasteiger partial charge in [0, 0.05) is 6.42 Å².